The van der Waals surface area contributed by atoms with E-state index in [1.165, 1.54) is 22.6 Å². The molecule has 0 saturated heterocycles. The van der Waals surface area contributed by atoms with E-state index < -0.39 is 0 Å². The number of hydrogen-bond donors (Lipinski definition) is 2. The second kappa shape index (κ2) is 5.71. The maximum atomic E-state index is 11.1. The van der Waals surface area contributed by atoms with Gasteiger partial charge in [0.25, 0.3) is 0 Å². The van der Waals surface area contributed by atoms with Crippen molar-refractivity contribution in [1.82, 2.24) is 20.1 Å². The number of aromatic nitrogens is 3. The van der Waals surface area contributed by atoms with Gasteiger partial charge >= 0.3 is 4.87 Å². The Kier molecular flexibility index (Phi) is 4.21. The smallest absolute Gasteiger partial charge is 0.304 e. The van der Waals surface area contributed by atoms with Crippen LogP contribution in [0.15, 0.2) is 10.2 Å². The van der Waals surface area contributed by atoms with Crippen LogP contribution in [0.4, 0.5) is 0 Å². The van der Waals surface area contributed by atoms with Gasteiger partial charge in [-0.05, 0) is 27.7 Å². The number of rotatable bonds is 5. The molecular formula is C13H20N4OS. The quantitative estimate of drug-likeness (QED) is 0.882. The minimum Gasteiger partial charge on any atom is -0.315 e. The fraction of sp³-hybridized carbons (Fsp3) is 0.538. The summed E-state index contributed by atoms with van der Waals surface area (Å²) >= 11 is 1.20. The van der Waals surface area contributed by atoms with Gasteiger partial charge in [-0.1, -0.05) is 11.3 Å². The largest absolute Gasteiger partial charge is 0.315 e. The van der Waals surface area contributed by atoms with Crippen LogP contribution in [-0.4, -0.2) is 14.8 Å². The van der Waals surface area contributed by atoms with Gasteiger partial charge in [0.2, 0.25) is 0 Å². The first-order chi connectivity index (χ1) is 9.02. The average molecular weight is 280 g/mol. The summed E-state index contributed by atoms with van der Waals surface area (Å²) in [7, 11) is 0. The van der Waals surface area contributed by atoms with E-state index in [1.54, 1.807) is 0 Å². The molecule has 1 unspecified atom stereocenters. The fourth-order valence-electron chi connectivity index (χ4n) is 2.41. The maximum absolute atomic E-state index is 11.1. The van der Waals surface area contributed by atoms with Gasteiger partial charge in [0.05, 0.1) is 5.69 Å². The minimum absolute atomic E-state index is 0.00406. The van der Waals surface area contributed by atoms with Crippen molar-refractivity contribution in [2.45, 2.75) is 46.8 Å². The predicted octanol–water partition coefficient (Wildman–Crippen LogP) is 2.12. The van der Waals surface area contributed by atoms with Crippen LogP contribution in [0.25, 0.3) is 0 Å². The summed E-state index contributed by atoms with van der Waals surface area (Å²) in [4.78, 5) is 13.9. The zero-order chi connectivity index (χ0) is 14.0. The molecule has 0 aliphatic rings. The second-order valence-electron chi connectivity index (χ2n) is 4.68. The molecule has 2 N–H and O–H groups in total. The van der Waals surface area contributed by atoms with Crippen LogP contribution in [0, 0.1) is 13.8 Å². The topological polar surface area (TPSA) is 62.7 Å². The number of nitrogens with zero attached hydrogens (tertiary/aromatic N) is 2. The molecule has 2 rings (SSSR count). The highest BCUT2D eigenvalue weighted by molar-refractivity contribution is 7.07. The highest BCUT2D eigenvalue weighted by Gasteiger charge is 2.16. The van der Waals surface area contributed by atoms with Crippen molar-refractivity contribution in [3.63, 3.8) is 0 Å². The predicted molar refractivity (Wildman–Crippen MR) is 77.6 cm³/mol. The molecule has 0 bridgehead atoms. The molecule has 19 heavy (non-hydrogen) atoms. The fourth-order valence-corrected chi connectivity index (χ4v) is 2.99. The van der Waals surface area contributed by atoms with E-state index in [4.69, 9.17) is 0 Å². The summed E-state index contributed by atoms with van der Waals surface area (Å²) < 4.78 is 2.02. The van der Waals surface area contributed by atoms with Crippen molar-refractivity contribution in [1.29, 1.82) is 0 Å². The standard InChI is InChI=1S/C13H20N4OS/c1-5-17-10(4)12(9(3)16-17)8(2)14-6-11-7-19-13(18)15-11/h7-8,14H,5-6H2,1-4H3,(H,15,18). The number of aromatic amines is 1. The number of hydrogen-bond acceptors (Lipinski definition) is 4. The van der Waals surface area contributed by atoms with E-state index in [2.05, 4.69) is 36.2 Å². The third kappa shape index (κ3) is 2.96. The number of aryl methyl sites for hydroxylation is 2. The Labute approximate surface area is 116 Å². The minimum atomic E-state index is -0.00406. The molecule has 0 aliphatic heterocycles. The third-order valence-electron chi connectivity index (χ3n) is 3.34. The Balaban J connectivity index is 2.09. The van der Waals surface area contributed by atoms with Gasteiger partial charge in [0, 0.05) is 41.5 Å². The molecule has 0 radical (unpaired) electrons. The SMILES string of the molecule is CCn1nc(C)c(C(C)NCc2csc(=O)[nH]2)c1C. The molecular weight excluding hydrogens is 260 g/mol. The highest BCUT2D eigenvalue weighted by atomic mass is 32.1. The van der Waals surface area contributed by atoms with Gasteiger partial charge in [-0.3, -0.25) is 9.48 Å². The zero-order valence-electron chi connectivity index (χ0n) is 11.8. The molecule has 5 nitrogen and oxygen atoms in total. The Morgan fingerprint density at radius 2 is 2.26 bits per heavy atom. The summed E-state index contributed by atoms with van der Waals surface area (Å²) in [5, 5.41) is 9.82. The van der Waals surface area contributed by atoms with E-state index in [9.17, 15) is 4.79 Å². The normalized spacial score (nSPS) is 12.8. The Bertz CT molecular complexity index is 610. The zero-order valence-corrected chi connectivity index (χ0v) is 12.6. The molecule has 0 amide bonds. The maximum Gasteiger partial charge on any atom is 0.304 e. The van der Waals surface area contributed by atoms with Gasteiger partial charge in [-0.25, -0.2) is 0 Å². The Morgan fingerprint density at radius 3 is 2.79 bits per heavy atom. The second-order valence-corrected chi connectivity index (χ2v) is 5.52. The molecule has 2 aromatic heterocycles. The lowest BCUT2D eigenvalue weighted by Crippen LogP contribution is -2.20. The van der Waals surface area contributed by atoms with Crippen molar-refractivity contribution in [3.8, 4) is 0 Å². The number of H-pyrrole nitrogens is 1. The lowest BCUT2D eigenvalue weighted by molar-refractivity contribution is 0.561. The summed E-state index contributed by atoms with van der Waals surface area (Å²) in [5.74, 6) is 0. The molecule has 2 heterocycles. The monoisotopic (exact) mass is 280 g/mol. The average Bonchev–Trinajstić information content (AvgIpc) is 2.90. The first kappa shape index (κ1) is 14.0. The van der Waals surface area contributed by atoms with Crippen molar-refractivity contribution in [2.24, 2.45) is 0 Å². The highest BCUT2D eigenvalue weighted by Crippen LogP contribution is 2.21. The summed E-state index contributed by atoms with van der Waals surface area (Å²) in [6.07, 6.45) is 0. The van der Waals surface area contributed by atoms with Crippen molar-refractivity contribution >= 4 is 11.3 Å². The van der Waals surface area contributed by atoms with Crippen LogP contribution in [0.5, 0.6) is 0 Å². The van der Waals surface area contributed by atoms with E-state index in [1.807, 2.05) is 17.0 Å². The van der Waals surface area contributed by atoms with Crippen LogP contribution in [0.2, 0.25) is 0 Å². The molecule has 0 spiro atoms. The molecule has 0 aliphatic carbocycles. The van der Waals surface area contributed by atoms with Crippen molar-refractivity contribution in [3.05, 3.63) is 37.7 Å². The van der Waals surface area contributed by atoms with Crippen molar-refractivity contribution in [2.75, 3.05) is 0 Å². The van der Waals surface area contributed by atoms with Gasteiger partial charge in [0.15, 0.2) is 0 Å². The molecule has 2 aromatic rings. The lowest BCUT2D eigenvalue weighted by atomic mass is 10.1. The molecule has 0 aromatic carbocycles. The number of nitrogens with one attached hydrogen (secondary N) is 2. The summed E-state index contributed by atoms with van der Waals surface area (Å²) in [6, 6.07) is 0.212. The van der Waals surface area contributed by atoms with Gasteiger partial charge in [-0.15, -0.1) is 0 Å². The van der Waals surface area contributed by atoms with Crippen LogP contribution in [0.3, 0.4) is 0 Å². The Morgan fingerprint density at radius 1 is 1.53 bits per heavy atom. The third-order valence-corrected chi connectivity index (χ3v) is 4.06. The summed E-state index contributed by atoms with van der Waals surface area (Å²) in [5.41, 5.74) is 4.46. The van der Waals surface area contributed by atoms with Crippen molar-refractivity contribution < 1.29 is 0 Å². The van der Waals surface area contributed by atoms with Gasteiger partial charge in [-0.2, -0.15) is 5.10 Å². The lowest BCUT2D eigenvalue weighted by Gasteiger charge is -2.14. The van der Waals surface area contributed by atoms with Gasteiger partial charge < -0.3 is 10.3 Å². The van der Waals surface area contributed by atoms with Crippen LogP contribution in [0.1, 0.15) is 42.5 Å². The van der Waals surface area contributed by atoms with E-state index in [0.717, 1.165) is 17.9 Å². The van der Waals surface area contributed by atoms with Gasteiger partial charge in [0.1, 0.15) is 0 Å². The van der Waals surface area contributed by atoms with Crippen LogP contribution < -0.4 is 10.2 Å². The van der Waals surface area contributed by atoms with E-state index in [-0.39, 0.29) is 10.9 Å². The molecule has 0 fully saturated rings. The molecule has 6 heteroatoms. The van der Waals surface area contributed by atoms with Crippen LogP contribution in [-0.2, 0) is 13.1 Å². The first-order valence-corrected chi connectivity index (χ1v) is 7.34. The molecule has 0 saturated carbocycles. The summed E-state index contributed by atoms with van der Waals surface area (Å²) in [6.45, 7) is 9.91. The number of thiazole rings is 1. The first-order valence-electron chi connectivity index (χ1n) is 6.46. The van der Waals surface area contributed by atoms with Crippen LogP contribution >= 0.6 is 11.3 Å². The Hall–Kier alpha value is -1.40. The molecule has 104 valence electrons. The van der Waals surface area contributed by atoms with E-state index >= 15 is 0 Å². The molecule has 1 atom stereocenters. The van der Waals surface area contributed by atoms with E-state index in [0.29, 0.717) is 6.54 Å².